The molecule has 1 unspecified atom stereocenters. The van der Waals surface area contributed by atoms with Crippen LogP contribution in [0.2, 0.25) is 0 Å². The van der Waals surface area contributed by atoms with Crippen molar-refractivity contribution < 1.29 is 13.2 Å². The van der Waals surface area contributed by atoms with Crippen molar-refractivity contribution in [3.8, 4) is 0 Å². The van der Waals surface area contributed by atoms with Crippen molar-refractivity contribution in [3.63, 3.8) is 0 Å². The lowest BCUT2D eigenvalue weighted by Gasteiger charge is -2.25. The molecule has 0 radical (unpaired) electrons. The van der Waals surface area contributed by atoms with Crippen LogP contribution in [0.3, 0.4) is 0 Å². The van der Waals surface area contributed by atoms with Crippen LogP contribution in [0.15, 0.2) is 12.2 Å². The van der Waals surface area contributed by atoms with E-state index in [2.05, 4.69) is 6.58 Å². The second kappa shape index (κ2) is 2.88. The first-order valence-corrected chi connectivity index (χ1v) is 3.73. The fraction of sp³-hybridized carbons (Fsp3) is 0.750. The molecule has 0 aromatic carbocycles. The Labute approximate surface area is 64.1 Å². The Hall–Kier alpha value is -0.470. The third-order valence-electron chi connectivity index (χ3n) is 2.08. The molecular formula is C8H11F3. The zero-order chi connectivity index (χ0) is 8.48. The Kier molecular flexibility index (Phi) is 2.25. The highest BCUT2D eigenvalue weighted by atomic mass is 19.4. The number of hydrogen-bond acceptors (Lipinski definition) is 0. The van der Waals surface area contributed by atoms with Crippen LogP contribution in [0.5, 0.6) is 0 Å². The highest BCUT2D eigenvalue weighted by Crippen LogP contribution is 2.38. The van der Waals surface area contributed by atoms with Gasteiger partial charge in [0.15, 0.2) is 0 Å². The van der Waals surface area contributed by atoms with Crippen LogP contribution < -0.4 is 0 Å². The predicted molar refractivity (Wildman–Crippen MR) is 37.2 cm³/mol. The first-order chi connectivity index (χ1) is 5.00. The molecule has 0 bridgehead atoms. The molecule has 0 nitrogen and oxygen atoms in total. The van der Waals surface area contributed by atoms with Gasteiger partial charge in [0, 0.05) is 0 Å². The molecule has 1 rings (SSSR count). The van der Waals surface area contributed by atoms with Crippen molar-refractivity contribution in [1.82, 2.24) is 0 Å². The Morgan fingerprint density at radius 3 is 2.36 bits per heavy atom. The van der Waals surface area contributed by atoms with Crippen molar-refractivity contribution in [3.05, 3.63) is 12.2 Å². The number of hydrogen-bond donors (Lipinski definition) is 0. The SMILES string of the molecule is C=C1CCCC(C(F)(F)F)C1. The lowest BCUT2D eigenvalue weighted by molar-refractivity contribution is -0.178. The molecule has 3 heteroatoms. The van der Waals surface area contributed by atoms with Gasteiger partial charge in [-0.05, 0) is 25.7 Å². The van der Waals surface area contributed by atoms with E-state index >= 15 is 0 Å². The van der Waals surface area contributed by atoms with Gasteiger partial charge < -0.3 is 0 Å². The molecule has 0 aromatic heterocycles. The van der Waals surface area contributed by atoms with E-state index in [0.29, 0.717) is 6.42 Å². The minimum atomic E-state index is -4.01. The maximum Gasteiger partial charge on any atom is 0.392 e. The predicted octanol–water partition coefficient (Wildman–Crippen LogP) is 3.30. The second-order valence-electron chi connectivity index (χ2n) is 3.08. The van der Waals surface area contributed by atoms with Gasteiger partial charge in [0.1, 0.15) is 0 Å². The van der Waals surface area contributed by atoms with Gasteiger partial charge in [-0.25, -0.2) is 0 Å². The van der Waals surface area contributed by atoms with Gasteiger partial charge in [-0.2, -0.15) is 13.2 Å². The topological polar surface area (TPSA) is 0 Å². The summed E-state index contributed by atoms with van der Waals surface area (Å²) in [6.45, 7) is 3.58. The monoisotopic (exact) mass is 164 g/mol. The molecule has 0 aliphatic heterocycles. The third-order valence-corrected chi connectivity index (χ3v) is 2.08. The lowest BCUT2D eigenvalue weighted by Crippen LogP contribution is -2.25. The van der Waals surface area contributed by atoms with E-state index in [1.54, 1.807) is 0 Å². The average Bonchev–Trinajstić information content (AvgIpc) is 1.86. The molecule has 0 saturated heterocycles. The normalized spacial score (nSPS) is 27.2. The van der Waals surface area contributed by atoms with E-state index in [0.717, 1.165) is 12.0 Å². The van der Waals surface area contributed by atoms with Gasteiger partial charge >= 0.3 is 6.18 Å². The van der Waals surface area contributed by atoms with Crippen LogP contribution in [0, 0.1) is 5.92 Å². The van der Waals surface area contributed by atoms with Crippen molar-refractivity contribution >= 4 is 0 Å². The summed E-state index contributed by atoms with van der Waals surface area (Å²) in [6.07, 6.45) is -2.18. The first-order valence-electron chi connectivity index (χ1n) is 3.73. The van der Waals surface area contributed by atoms with Gasteiger partial charge in [0.25, 0.3) is 0 Å². The van der Waals surface area contributed by atoms with Gasteiger partial charge in [0.2, 0.25) is 0 Å². The van der Waals surface area contributed by atoms with E-state index in [9.17, 15) is 13.2 Å². The van der Waals surface area contributed by atoms with Crippen LogP contribution in [-0.4, -0.2) is 6.18 Å². The molecule has 0 spiro atoms. The van der Waals surface area contributed by atoms with E-state index in [4.69, 9.17) is 0 Å². The molecule has 0 aromatic rings. The number of alkyl halides is 3. The summed E-state index contributed by atoms with van der Waals surface area (Å²) < 4.78 is 36.2. The number of rotatable bonds is 0. The van der Waals surface area contributed by atoms with E-state index in [-0.39, 0.29) is 12.8 Å². The van der Waals surface area contributed by atoms with Gasteiger partial charge in [-0.15, -0.1) is 0 Å². The van der Waals surface area contributed by atoms with Crippen LogP contribution in [0.25, 0.3) is 0 Å². The van der Waals surface area contributed by atoms with Crippen LogP contribution in [0.1, 0.15) is 25.7 Å². The Balaban J connectivity index is 2.53. The molecule has 1 aliphatic rings. The van der Waals surface area contributed by atoms with E-state index in [1.165, 1.54) is 0 Å². The summed E-state index contributed by atoms with van der Waals surface area (Å²) in [7, 11) is 0. The molecule has 1 fully saturated rings. The molecule has 64 valence electrons. The smallest absolute Gasteiger partial charge is 0.171 e. The summed E-state index contributed by atoms with van der Waals surface area (Å²) in [4.78, 5) is 0. The quantitative estimate of drug-likeness (QED) is 0.482. The van der Waals surface area contributed by atoms with E-state index < -0.39 is 12.1 Å². The number of halogens is 3. The largest absolute Gasteiger partial charge is 0.392 e. The minimum Gasteiger partial charge on any atom is -0.171 e. The highest BCUT2D eigenvalue weighted by molar-refractivity contribution is 5.00. The van der Waals surface area contributed by atoms with Gasteiger partial charge in [-0.1, -0.05) is 12.2 Å². The lowest BCUT2D eigenvalue weighted by atomic mass is 9.86. The Morgan fingerprint density at radius 1 is 1.36 bits per heavy atom. The Morgan fingerprint density at radius 2 is 2.00 bits per heavy atom. The summed E-state index contributed by atoms with van der Waals surface area (Å²) in [5, 5.41) is 0. The maximum absolute atomic E-state index is 12.1. The third kappa shape index (κ3) is 2.24. The fourth-order valence-electron chi connectivity index (χ4n) is 1.43. The summed E-state index contributed by atoms with van der Waals surface area (Å²) >= 11 is 0. The fourth-order valence-corrected chi connectivity index (χ4v) is 1.43. The molecule has 0 amide bonds. The van der Waals surface area contributed by atoms with Gasteiger partial charge in [-0.3, -0.25) is 0 Å². The van der Waals surface area contributed by atoms with Crippen molar-refractivity contribution in [2.45, 2.75) is 31.9 Å². The summed E-state index contributed by atoms with van der Waals surface area (Å²) in [5.41, 5.74) is 0.749. The number of allylic oxidation sites excluding steroid dienone is 1. The van der Waals surface area contributed by atoms with Crippen LogP contribution in [0.4, 0.5) is 13.2 Å². The molecular weight excluding hydrogens is 153 g/mol. The maximum atomic E-state index is 12.1. The molecule has 1 saturated carbocycles. The van der Waals surface area contributed by atoms with Crippen molar-refractivity contribution in [2.75, 3.05) is 0 Å². The standard InChI is InChI=1S/C8H11F3/c1-6-3-2-4-7(5-6)8(9,10)11/h7H,1-5H2. The summed E-state index contributed by atoms with van der Waals surface area (Å²) in [5.74, 6) is -1.12. The molecule has 11 heavy (non-hydrogen) atoms. The Bertz CT molecular complexity index is 157. The van der Waals surface area contributed by atoms with E-state index in [1.807, 2.05) is 0 Å². The average molecular weight is 164 g/mol. The molecule has 1 atom stereocenters. The highest BCUT2D eigenvalue weighted by Gasteiger charge is 2.40. The molecule has 0 N–H and O–H groups in total. The van der Waals surface area contributed by atoms with Gasteiger partial charge in [0.05, 0.1) is 5.92 Å². The second-order valence-corrected chi connectivity index (χ2v) is 3.08. The minimum absolute atomic E-state index is 0.142. The van der Waals surface area contributed by atoms with Crippen molar-refractivity contribution in [1.29, 1.82) is 0 Å². The van der Waals surface area contributed by atoms with Crippen LogP contribution in [-0.2, 0) is 0 Å². The van der Waals surface area contributed by atoms with Crippen LogP contribution >= 0.6 is 0 Å². The molecule has 0 heterocycles. The molecule has 1 aliphatic carbocycles. The summed E-state index contributed by atoms with van der Waals surface area (Å²) in [6, 6.07) is 0. The van der Waals surface area contributed by atoms with Crippen molar-refractivity contribution in [2.24, 2.45) is 5.92 Å². The first kappa shape index (κ1) is 8.62. The zero-order valence-corrected chi connectivity index (χ0v) is 6.25. The zero-order valence-electron chi connectivity index (χ0n) is 6.25.